The van der Waals surface area contributed by atoms with Crippen molar-refractivity contribution >= 4 is 22.6 Å². The molecule has 1 unspecified atom stereocenters. The second-order valence-electron chi connectivity index (χ2n) is 7.23. The summed E-state index contributed by atoms with van der Waals surface area (Å²) in [4.78, 5) is 25.1. The molecule has 9 nitrogen and oxygen atoms in total. The Hall–Kier alpha value is -4.27. The summed E-state index contributed by atoms with van der Waals surface area (Å²) in [6, 6.07) is 14.1. The SMILES string of the molecule is COc1cccc2cc(C(=O)Nc3cnn(CC4COc5ccccc5O4)c3)c(=O)oc12. The van der Waals surface area contributed by atoms with E-state index in [1.807, 2.05) is 24.3 Å². The van der Waals surface area contributed by atoms with E-state index in [0.29, 0.717) is 47.1 Å². The average Bonchev–Trinajstić information content (AvgIpc) is 3.24. The van der Waals surface area contributed by atoms with Crippen LogP contribution in [0.3, 0.4) is 0 Å². The zero-order valence-electron chi connectivity index (χ0n) is 17.1. The van der Waals surface area contributed by atoms with Crippen LogP contribution < -0.4 is 25.2 Å². The Bertz CT molecular complexity index is 1360. The van der Waals surface area contributed by atoms with Gasteiger partial charge in [0.15, 0.2) is 28.9 Å². The van der Waals surface area contributed by atoms with Gasteiger partial charge in [0, 0.05) is 11.6 Å². The van der Waals surface area contributed by atoms with Gasteiger partial charge >= 0.3 is 5.63 Å². The van der Waals surface area contributed by atoms with Gasteiger partial charge in [-0.3, -0.25) is 9.48 Å². The number of aromatic nitrogens is 2. The predicted molar refractivity (Wildman–Crippen MR) is 116 cm³/mol. The molecule has 3 heterocycles. The largest absolute Gasteiger partial charge is 0.493 e. The van der Waals surface area contributed by atoms with Crippen LogP contribution in [0.15, 0.2) is 70.1 Å². The molecule has 0 spiro atoms. The molecule has 0 radical (unpaired) electrons. The van der Waals surface area contributed by atoms with Crippen molar-refractivity contribution in [1.82, 2.24) is 9.78 Å². The molecule has 1 N–H and O–H groups in total. The highest BCUT2D eigenvalue weighted by Crippen LogP contribution is 2.31. The van der Waals surface area contributed by atoms with Crippen molar-refractivity contribution in [3.05, 3.63) is 76.9 Å². The lowest BCUT2D eigenvalue weighted by Gasteiger charge is -2.26. The van der Waals surface area contributed by atoms with Gasteiger partial charge in [-0.1, -0.05) is 24.3 Å². The first kappa shape index (κ1) is 19.7. The summed E-state index contributed by atoms with van der Waals surface area (Å²) in [5.74, 6) is 1.23. The molecule has 2 aromatic heterocycles. The van der Waals surface area contributed by atoms with Crippen LogP contribution in [0, 0.1) is 0 Å². The van der Waals surface area contributed by atoms with E-state index in [-0.39, 0.29) is 11.7 Å². The number of hydrogen-bond acceptors (Lipinski definition) is 7. The summed E-state index contributed by atoms with van der Waals surface area (Å²) >= 11 is 0. The first-order valence-corrected chi connectivity index (χ1v) is 9.94. The fourth-order valence-electron chi connectivity index (χ4n) is 3.52. The number of ether oxygens (including phenoxy) is 3. The van der Waals surface area contributed by atoms with Crippen molar-refractivity contribution in [2.24, 2.45) is 0 Å². The molecule has 2 aromatic carbocycles. The molecule has 1 aliphatic rings. The standard InChI is InChI=1S/C23H19N3O6/c1-29-20-8-4-5-14-9-17(23(28)32-21(14)20)22(27)25-15-10-24-26(11-15)12-16-13-30-18-6-2-3-7-19(18)31-16/h2-11,16H,12-13H2,1H3,(H,25,27). The van der Waals surface area contributed by atoms with Gasteiger partial charge in [0.25, 0.3) is 5.91 Å². The lowest BCUT2D eigenvalue weighted by atomic mass is 10.1. The molecule has 5 rings (SSSR count). The number of methoxy groups -OCH3 is 1. The van der Waals surface area contributed by atoms with Crippen molar-refractivity contribution in [2.75, 3.05) is 19.0 Å². The first-order valence-electron chi connectivity index (χ1n) is 9.94. The summed E-state index contributed by atoms with van der Waals surface area (Å²) in [6.45, 7) is 0.822. The van der Waals surface area contributed by atoms with E-state index in [0.717, 1.165) is 0 Å². The molecule has 1 aliphatic heterocycles. The van der Waals surface area contributed by atoms with Crippen molar-refractivity contribution in [3.63, 3.8) is 0 Å². The van der Waals surface area contributed by atoms with Gasteiger partial charge in [-0.25, -0.2) is 4.79 Å². The number of amides is 1. The Labute approximate surface area is 182 Å². The Morgan fingerprint density at radius 3 is 2.91 bits per heavy atom. The topological polar surface area (TPSA) is 105 Å². The van der Waals surface area contributed by atoms with Crippen LogP contribution in [0.5, 0.6) is 17.2 Å². The third kappa shape index (κ3) is 3.76. The lowest BCUT2D eigenvalue weighted by Crippen LogP contribution is -2.33. The summed E-state index contributed by atoms with van der Waals surface area (Å²) in [7, 11) is 1.48. The van der Waals surface area contributed by atoms with Gasteiger partial charge in [0.2, 0.25) is 0 Å². The lowest BCUT2D eigenvalue weighted by molar-refractivity contribution is 0.0759. The number of anilines is 1. The number of fused-ring (bicyclic) bond motifs is 2. The number of benzene rings is 2. The molecule has 32 heavy (non-hydrogen) atoms. The Morgan fingerprint density at radius 1 is 1.22 bits per heavy atom. The monoisotopic (exact) mass is 433 g/mol. The summed E-state index contributed by atoms with van der Waals surface area (Å²) < 4.78 is 23.8. The molecule has 1 atom stereocenters. The number of carbonyl (C=O) groups is 1. The van der Waals surface area contributed by atoms with Gasteiger partial charge in [-0.05, 0) is 24.3 Å². The van der Waals surface area contributed by atoms with Crippen LogP contribution in [-0.4, -0.2) is 35.5 Å². The smallest absolute Gasteiger partial charge is 0.349 e. The molecule has 0 saturated carbocycles. The molecule has 162 valence electrons. The molecule has 4 aromatic rings. The van der Waals surface area contributed by atoms with Gasteiger partial charge in [0.05, 0.1) is 25.5 Å². The third-order valence-electron chi connectivity index (χ3n) is 5.04. The minimum Gasteiger partial charge on any atom is -0.493 e. The molecule has 0 bridgehead atoms. The molecule has 1 amide bonds. The highest BCUT2D eigenvalue weighted by atomic mass is 16.6. The number of para-hydroxylation sites is 3. The molecular weight excluding hydrogens is 414 g/mol. The van der Waals surface area contributed by atoms with Gasteiger partial charge < -0.3 is 23.9 Å². The number of carbonyl (C=O) groups excluding carboxylic acids is 1. The van der Waals surface area contributed by atoms with Crippen LogP contribution in [0.1, 0.15) is 10.4 Å². The zero-order chi connectivity index (χ0) is 22.1. The second-order valence-corrected chi connectivity index (χ2v) is 7.23. The second kappa shape index (κ2) is 8.10. The van der Waals surface area contributed by atoms with Crippen LogP contribution >= 0.6 is 0 Å². The van der Waals surface area contributed by atoms with E-state index >= 15 is 0 Å². The minimum absolute atomic E-state index is 0.112. The number of nitrogens with one attached hydrogen (secondary N) is 1. The highest BCUT2D eigenvalue weighted by Gasteiger charge is 2.22. The third-order valence-corrected chi connectivity index (χ3v) is 5.04. The Kier molecular flexibility index (Phi) is 4.98. The number of nitrogens with zero attached hydrogens (tertiary/aromatic N) is 2. The molecular formula is C23H19N3O6. The van der Waals surface area contributed by atoms with Crippen LogP contribution in [-0.2, 0) is 6.54 Å². The van der Waals surface area contributed by atoms with Crippen LogP contribution in [0.25, 0.3) is 11.0 Å². The molecule has 0 aliphatic carbocycles. The number of hydrogen-bond donors (Lipinski definition) is 1. The maximum absolute atomic E-state index is 12.7. The molecule has 9 heteroatoms. The van der Waals surface area contributed by atoms with Gasteiger partial charge in [-0.2, -0.15) is 5.10 Å². The van der Waals surface area contributed by atoms with Gasteiger partial charge in [-0.15, -0.1) is 0 Å². The van der Waals surface area contributed by atoms with E-state index in [1.165, 1.54) is 19.4 Å². The van der Waals surface area contributed by atoms with Gasteiger partial charge in [0.1, 0.15) is 12.2 Å². The Balaban J connectivity index is 1.29. The zero-order valence-corrected chi connectivity index (χ0v) is 17.1. The van der Waals surface area contributed by atoms with E-state index in [2.05, 4.69) is 10.4 Å². The summed E-state index contributed by atoms with van der Waals surface area (Å²) in [6.07, 6.45) is 2.94. The summed E-state index contributed by atoms with van der Waals surface area (Å²) in [5.41, 5.74) is -0.129. The quantitative estimate of drug-likeness (QED) is 0.482. The van der Waals surface area contributed by atoms with E-state index in [4.69, 9.17) is 18.6 Å². The average molecular weight is 433 g/mol. The predicted octanol–water partition coefficient (Wildman–Crippen LogP) is 3.09. The normalized spacial score (nSPS) is 14.8. The molecule has 0 fully saturated rings. The minimum atomic E-state index is -0.752. The van der Waals surface area contributed by atoms with E-state index in [9.17, 15) is 9.59 Å². The van der Waals surface area contributed by atoms with Crippen molar-refractivity contribution in [1.29, 1.82) is 0 Å². The maximum atomic E-state index is 12.7. The Morgan fingerprint density at radius 2 is 2.06 bits per heavy atom. The van der Waals surface area contributed by atoms with Crippen molar-refractivity contribution < 1.29 is 23.4 Å². The van der Waals surface area contributed by atoms with Crippen molar-refractivity contribution in [3.8, 4) is 17.2 Å². The van der Waals surface area contributed by atoms with Crippen LogP contribution in [0.4, 0.5) is 5.69 Å². The maximum Gasteiger partial charge on any atom is 0.349 e. The highest BCUT2D eigenvalue weighted by molar-refractivity contribution is 6.05. The van der Waals surface area contributed by atoms with E-state index < -0.39 is 11.5 Å². The van der Waals surface area contributed by atoms with Crippen molar-refractivity contribution in [2.45, 2.75) is 12.6 Å². The van der Waals surface area contributed by atoms with E-state index in [1.54, 1.807) is 29.1 Å². The fourth-order valence-corrected chi connectivity index (χ4v) is 3.52. The number of rotatable bonds is 5. The van der Waals surface area contributed by atoms with Crippen LogP contribution in [0.2, 0.25) is 0 Å². The summed E-state index contributed by atoms with van der Waals surface area (Å²) in [5, 5.41) is 7.52. The first-order chi connectivity index (χ1) is 15.6. The fraction of sp³-hybridized carbons (Fsp3) is 0.174. The molecule has 0 saturated heterocycles.